The molecule has 2 saturated heterocycles. The number of hydrogen-bond donors (Lipinski definition) is 1. The normalized spacial score (nSPS) is 30.6. The van der Waals surface area contributed by atoms with Crippen molar-refractivity contribution in [2.75, 3.05) is 13.2 Å². The molecule has 26 heavy (non-hydrogen) atoms. The highest BCUT2D eigenvalue weighted by Crippen LogP contribution is 2.50. The van der Waals surface area contributed by atoms with Gasteiger partial charge in [-0.1, -0.05) is 30.7 Å². The van der Waals surface area contributed by atoms with Crippen LogP contribution in [0.15, 0.2) is 24.3 Å². The molecule has 1 aromatic rings. The number of rotatable bonds is 5. The van der Waals surface area contributed by atoms with E-state index < -0.39 is 29.4 Å². The van der Waals surface area contributed by atoms with E-state index in [1.807, 2.05) is 19.1 Å². The van der Waals surface area contributed by atoms with Crippen LogP contribution in [0.25, 0.3) is 0 Å². The zero-order valence-corrected chi connectivity index (χ0v) is 15.9. The number of esters is 1. The third-order valence-corrected chi connectivity index (χ3v) is 5.74. The molecule has 0 bridgehead atoms. The molecule has 0 saturated carbocycles. The van der Waals surface area contributed by atoms with Crippen molar-refractivity contribution in [2.24, 2.45) is 11.8 Å². The Balaban J connectivity index is 2.11. The summed E-state index contributed by atoms with van der Waals surface area (Å²) in [4.78, 5) is 40.0. The summed E-state index contributed by atoms with van der Waals surface area (Å²) < 4.78 is 5.28. The van der Waals surface area contributed by atoms with Gasteiger partial charge in [0.15, 0.2) is 0 Å². The number of fused-ring (bicyclic) bond motifs is 1. The molecule has 2 aliphatic heterocycles. The standard InChI is InChI=1S/C19H23ClN2O4/c1-4-19(18(25)26-6-3)14-13(16(23)22(5-2)17(14)24)15(21-19)11-7-9-12(20)10-8-11/h7-10,13-15,21H,4-6H2,1-3H3/t13-,14+,15-,19-/m1/s1. The van der Waals surface area contributed by atoms with Crippen molar-refractivity contribution in [1.29, 1.82) is 0 Å². The summed E-state index contributed by atoms with van der Waals surface area (Å²) in [7, 11) is 0. The molecule has 7 heteroatoms. The fraction of sp³-hybridized carbons (Fsp3) is 0.526. The van der Waals surface area contributed by atoms with E-state index in [2.05, 4.69) is 5.32 Å². The van der Waals surface area contributed by atoms with Gasteiger partial charge < -0.3 is 4.74 Å². The number of hydrogen-bond acceptors (Lipinski definition) is 5. The summed E-state index contributed by atoms with van der Waals surface area (Å²) in [6.45, 7) is 5.83. The minimum absolute atomic E-state index is 0.213. The van der Waals surface area contributed by atoms with Crippen LogP contribution >= 0.6 is 11.6 Å². The molecule has 0 aromatic heterocycles. The van der Waals surface area contributed by atoms with Crippen molar-refractivity contribution in [3.63, 3.8) is 0 Å². The fourth-order valence-corrected chi connectivity index (χ4v) is 4.37. The maximum atomic E-state index is 13.0. The number of imide groups is 1. The second-order valence-electron chi connectivity index (χ2n) is 6.64. The molecule has 0 radical (unpaired) electrons. The minimum atomic E-state index is -1.21. The van der Waals surface area contributed by atoms with Gasteiger partial charge in [0, 0.05) is 17.6 Å². The van der Waals surface area contributed by atoms with Crippen LogP contribution in [0, 0.1) is 11.8 Å². The molecule has 2 amide bonds. The summed E-state index contributed by atoms with van der Waals surface area (Å²) >= 11 is 5.98. The third-order valence-electron chi connectivity index (χ3n) is 5.49. The van der Waals surface area contributed by atoms with Crippen LogP contribution in [0.3, 0.4) is 0 Å². The third kappa shape index (κ3) is 2.63. The van der Waals surface area contributed by atoms with Crippen LogP contribution in [0.1, 0.15) is 38.8 Å². The Hall–Kier alpha value is -1.92. The summed E-state index contributed by atoms with van der Waals surface area (Å²) in [5.41, 5.74) is -0.384. The predicted molar refractivity (Wildman–Crippen MR) is 96.4 cm³/mol. The van der Waals surface area contributed by atoms with Gasteiger partial charge in [0.25, 0.3) is 0 Å². The van der Waals surface area contributed by atoms with Gasteiger partial charge in [-0.3, -0.25) is 24.6 Å². The summed E-state index contributed by atoms with van der Waals surface area (Å²) in [5, 5.41) is 3.88. The Labute approximate surface area is 157 Å². The van der Waals surface area contributed by atoms with E-state index in [1.165, 1.54) is 4.90 Å². The first kappa shape index (κ1) is 18.9. The molecule has 140 valence electrons. The van der Waals surface area contributed by atoms with E-state index in [4.69, 9.17) is 16.3 Å². The topological polar surface area (TPSA) is 75.7 Å². The zero-order valence-electron chi connectivity index (χ0n) is 15.1. The van der Waals surface area contributed by atoms with Crippen LogP contribution in [0.4, 0.5) is 0 Å². The van der Waals surface area contributed by atoms with E-state index in [-0.39, 0.29) is 18.4 Å². The van der Waals surface area contributed by atoms with Gasteiger partial charge in [0.2, 0.25) is 11.8 Å². The largest absolute Gasteiger partial charge is 0.465 e. The van der Waals surface area contributed by atoms with Gasteiger partial charge in [0.05, 0.1) is 18.4 Å². The van der Waals surface area contributed by atoms with Crippen molar-refractivity contribution in [3.8, 4) is 0 Å². The minimum Gasteiger partial charge on any atom is -0.465 e. The summed E-state index contributed by atoms with van der Waals surface area (Å²) in [5.74, 6) is -2.42. The number of nitrogens with zero attached hydrogens (tertiary/aromatic N) is 1. The van der Waals surface area contributed by atoms with Crippen LogP contribution in [-0.4, -0.2) is 41.4 Å². The molecule has 3 rings (SSSR count). The smallest absolute Gasteiger partial charge is 0.327 e. The average Bonchev–Trinajstić information content (AvgIpc) is 3.11. The van der Waals surface area contributed by atoms with Gasteiger partial charge in [-0.2, -0.15) is 0 Å². The number of carbonyl (C=O) groups is 3. The molecule has 4 atom stereocenters. The molecular weight excluding hydrogens is 356 g/mol. The highest BCUT2D eigenvalue weighted by atomic mass is 35.5. The Morgan fingerprint density at radius 1 is 1.19 bits per heavy atom. The zero-order chi connectivity index (χ0) is 19.1. The number of halogens is 1. The summed E-state index contributed by atoms with van der Waals surface area (Å²) in [6.07, 6.45) is 0.355. The first-order chi connectivity index (χ1) is 12.4. The lowest BCUT2D eigenvalue weighted by Gasteiger charge is -2.31. The average molecular weight is 379 g/mol. The molecule has 0 unspecified atom stereocenters. The lowest BCUT2D eigenvalue weighted by Crippen LogP contribution is -2.56. The Bertz CT molecular complexity index is 736. The molecule has 1 aromatic carbocycles. The number of ether oxygens (including phenoxy) is 1. The molecule has 0 aliphatic carbocycles. The van der Waals surface area contributed by atoms with E-state index in [1.54, 1.807) is 26.0 Å². The molecule has 1 N–H and O–H groups in total. The van der Waals surface area contributed by atoms with Crippen molar-refractivity contribution in [3.05, 3.63) is 34.9 Å². The van der Waals surface area contributed by atoms with E-state index in [0.717, 1.165) is 5.56 Å². The van der Waals surface area contributed by atoms with E-state index in [0.29, 0.717) is 18.0 Å². The SMILES string of the molecule is CCOC(=O)[C@]1(CC)N[C@H](c2ccc(Cl)cc2)[C@@H]2C(=O)N(CC)C(=O)[C@H]21. The molecule has 6 nitrogen and oxygen atoms in total. The molecule has 2 fully saturated rings. The van der Waals surface area contributed by atoms with Crippen LogP contribution in [-0.2, 0) is 19.1 Å². The lowest BCUT2D eigenvalue weighted by molar-refractivity contribution is -0.156. The molecule has 0 spiro atoms. The van der Waals surface area contributed by atoms with Crippen LogP contribution in [0.5, 0.6) is 0 Å². The van der Waals surface area contributed by atoms with Crippen LogP contribution < -0.4 is 5.32 Å². The number of benzene rings is 1. The predicted octanol–water partition coefficient (Wildman–Crippen LogP) is 2.32. The Morgan fingerprint density at radius 2 is 1.85 bits per heavy atom. The lowest BCUT2D eigenvalue weighted by atomic mass is 9.78. The highest BCUT2D eigenvalue weighted by molar-refractivity contribution is 6.30. The van der Waals surface area contributed by atoms with Crippen LogP contribution in [0.2, 0.25) is 5.02 Å². The Kier molecular flexibility index (Phi) is 5.08. The number of amides is 2. The van der Waals surface area contributed by atoms with Gasteiger partial charge in [-0.15, -0.1) is 0 Å². The molecule has 2 aliphatic rings. The van der Waals surface area contributed by atoms with Crippen molar-refractivity contribution >= 4 is 29.4 Å². The molecular formula is C19H23ClN2O4. The Morgan fingerprint density at radius 3 is 2.38 bits per heavy atom. The maximum absolute atomic E-state index is 13.0. The van der Waals surface area contributed by atoms with E-state index >= 15 is 0 Å². The monoisotopic (exact) mass is 378 g/mol. The summed E-state index contributed by atoms with van der Waals surface area (Å²) in [6, 6.07) is 6.67. The van der Waals surface area contributed by atoms with Crippen molar-refractivity contribution in [1.82, 2.24) is 10.2 Å². The number of likely N-dealkylation sites (tertiary alicyclic amines) is 1. The van der Waals surface area contributed by atoms with Gasteiger partial charge in [-0.05, 0) is 38.0 Å². The van der Waals surface area contributed by atoms with Gasteiger partial charge >= 0.3 is 5.97 Å². The van der Waals surface area contributed by atoms with Gasteiger partial charge in [-0.25, -0.2) is 0 Å². The van der Waals surface area contributed by atoms with Gasteiger partial charge in [0.1, 0.15) is 5.54 Å². The van der Waals surface area contributed by atoms with Crippen molar-refractivity contribution < 1.29 is 19.1 Å². The van der Waals surface area contributed by atoms with E-state index in [9.17, 15) is 14.4 Å². The highest BCUT2D eigenvalue weighted by Gasteiger charge is 2.67. The first-order valence-corrected chi connectivity index (χ1v) is 9.34. The number of nitrogens with one attached hydrogen (secondary N) is 1. The maximum Gasteiger partial charge on any atom is 0.327 e. The number of carbonyl (C=O) groups excluding carboxylic acids is 3. The second kappa shape index (κ2) is 7.00. The fourth-order valence-electron chi connectivity index (χ4n) is 4.25. The van der Waals surface area contributed by atoms with Crippen molar-refractivity contribution in [2.45, 2.75) is 38.8 Å². The quantitative estimate of drug-likeness (QED) is 0.628. The first-order valence-electron chi connectivity index (χ1n) is 8.96. The second-order valence-corrected chi connectivity index (χ2v) is 7.08. The molecule has 2 heterocycles.